The molecule has 0 fully saturated rings. The molecule has 0 heterocycles. The van der Waals surface area contributed by atoms with E-state index in [4.69, 9.17) is 41.1 Å². The van der Waals surface area contributed by atoms with Gasteiger partial charge < -0.3 is 41.1 Å². The Balaban J connectivity index is 6.44. The molecular formula is C21H48BO12P3. The van der Waals surface area contributed by atoms with Gasteiger partial charge in [0.1, 0.15) is 17.5 Å². The molecule has 0 radical (unpaired) electrons. The standard InChI is InChI=1S/C21H48BO12P3/c1-10-19(35(23,26-13-4)27-14-5)32-22(33-20(11-2)36(24,28-15-6)29-16-7)34-21(12-3)37(25,30-17-8)31-18-9/h19-21H,10-18H2,1-9H3. The molecule has 0 bridgehead atoms. The van der Waals surface area contributed by atoms with Crippen molar-refractivity contribution in [3.63, 3.8) is 0 Å². The van der Waals surface area contributed by atoms with Crippen LogP contribution in [0.3, 0.4) is 0 Å². The van der Waals surface area contributed by atoms with Crippen LogP contribution >= 0.6 is 22.8 Å². The molecule has 0 rings (SSSR count). The van der Waals surface area contributed by atoms with Crippen LogP contribution in [0.25, 0.3) is 0 Å². The van der Waals surface area contributed by atoms with Crippen LogP contribution in [0.15, 0.2) is 0 Å². The summed E-state index contributed by atoms with van der Waals surface area (Å²) in [6.07, 6.45) is 0.617. The average molecular weight is 596 g/mol. The van der Waals surface area contributed by atoms with E-state index in [1.807, 2.05) is 0 Å². The Morgan fingerprint density at radius 3 is 0.757 bits per heavy atom. The van der Waals surface area contributed by atoms with Crippen molar-refractivity contribution in [3.05, 3.63) is 0 Å². The molecule has 0 aromatic carbocycles. The lowest BCUT2D eigenvalue weighted by atomic mass is 10.2. The smallest absolute Gasteiger partial charge is 0.371 e. The van der Waals surface area contributed by atoms with E-state index in [-0.39, 0.29) is 58.9 Å². The molecule has 12 nitrogen and oxygen atoms in total. The molecular weight excluding hydrogens is 548 g/mol. The van der Waals surface area contributed by atoms with Gasteiger partial charge in [-0.05, 0) is 60.8 Å². The molecule has 16 heteroatoms. The van der Waals surface area contributed by atoms with Crippen molar-refractivity contribution in [1.29, 1.82) is 0 Å². The second-order valence-electron chi connectivity index (χ2n) is 7.41. The molecule has 3 atom stereocenters. The predicted molar refractivity (Wildman–Crippen MR) is 144 cm³/mol. The summed E-state index contributed by atoms with van der Waals surface area (Å²) in [7, 11) is -12.9. The minimum atomic E-state index is -3.76. The van der Waals surface area contributed by atoms with Gasteiger partial charge in [-0.25, -0.2) is 0 Å². The fourth-order valence-electron chi connectivity index (χ4n) is 3.35. The van der Waals surface area contributed by atoms with Crippen LogP contribution in [0, 0.1) is 0 Å². The van der Waals surface area contributed by atoms with Crippen LogP contribution in [0.2, 0.25) is 0 Å². The van der Waals surface area contributed by atoms with E-state index in [1.54, 1.807) is 62.3 Å². The summed E-state index contributed by atoms with van der Waals surface area (Å²) < 4.78 is 91.3. The Labute approximate surface area is 223 Å². The van der Waals surface area contributed by atoms with E-state index < -0.39 is 47.6 Å². The minimum absolute atomic E-state index is 0.118. The van der Waals surface area contributed by atoms with Gasteiger partial charge in [0.25, 0.3) is 0 Å². The normalized spacial score (nSPS) is 15.5. The highest BCUT2D eigenvalue weighted by Crippen LogP contribution is 2.58. The maximum Gasteiger partial charge on any atom is 0.641 e. The van der Waals surface area contributed by atoms with E-state index in [9.17, 15) is 13.7 Å². The number of hydrogen-bond acceptors (Lipinski definition) is 12. The predicted octanol–water partition coefficient (Wildman–Crippen LogP) is 7.03. The first-order chi connectivity index (χ1) is 17.5. The molecule has 0 amide bonds. The van der Waals surface area contributed by atoms with Gasteiger partial charge in [0.15, 0.2) is 0 Å². The lowest BCUT2D eigenvalue weighted by Crippen LogP contribution is -2.39. The largest absolute Gasteiger partial charge is 0.641 e. The molecule has 0 aliphatic carbocycles. The van der Waals surface area contributed by atoms with Crippen molar-refractivity contribution in [2.75, 3.05) is 39.6 Å². The average Bonchev–Trinajstić information content (AvgIpc) is 2.84. The van der Waals surface area contributed by atoms with Crippen molar-refractivity contribution in [3.8, 4) is 0 Å². The summed E-state index contributed by atoms with van der Waals surface area (Å²) in [5, 5.41) is 0. The second kappa shape index (κ2) is 19.5. The van der Waals surface area contributed by atoms with E-state index in [0.29, 0.717) is 0 Å². The maximum absolute atomic E-state index is 13.5. The molecule has 0 aliphatic rings. The fraction of sp³-hybridized carbons (Fsp3) is 1.00. The summed E-state index contributed by atoms with van der Waals surface area (Å²) in [6, 6.07) is 0. The van der Waals surface area contributed by atoms with Gasteiger partial charge in [-0.15, -0.1) is 0 Å². The van der Waals surface area contributed by atoms with Crippen molar-refractivity contribution in [2.45, 2.75) is 99.1 Å². The minimum Gasteiger partial charge on any atom is -0.371 e. The summed E-state index contributed by atoms with van der Waals surface area (Å²) >= 11 is 0. The van der Waals surface area contributed by atoms with E-state index >= 15 is 0 Å². The summed E-state index contributed by atoms with van der Waals surface area (Å²) in [5.74, 6) is -3.32. The van der Waals surface area contributed by atoms with Crippen LogP contribution in [0.1, 0.15) is 81.6 Å². The molecule has 0 saturated heterocycles. The van der Waals surface area contributed by atoms with Crippen LogP contribution in [-0.4, -0.2) is 64.5 Å². The SMILES string of the molecule is CCOP(=O)(OCC)C(CC)OB(OC(CC)P(=O)(OCC)OCC)OC(CC)P(=O)(OCC)OCC. The Morgan fingerprint density at radius 2 is 0.622 bits per heavy atom. The number of hydrogen-bond donors (Lipinski definition) is 0. The highest BCUT2D eigenvalue weighted by molar-refractivity contribution is 7.55. The third-order valence-electron chi connectivity index (χ3n) is 4.76. The Hall–Kier alpha value is 0.395. The topological polar surface area (TPSA) is 134 Å². The zero-order chi connectivity index (χ0) is 28.5. The second-order valence-corrected chi connectivity index (χ2v) is 13.9. The Bertz CT molecular complexity index is 618. The summed E-state index contributed by atoms with van der Waals surface area (Å²) in [4.78, 5) is 0. The molecule has 0 aromatic rings. The first-order valence-corrected chi connectivity index (χ1v) is 18.0. The van der Waals surface area contributed by atoms with E-state index in [2.05, 4.69) is 0 Å². The van der Waals surface area contributed by atoms with Crippen LogP contribution < -0.4 is 0 Å². The number of rotatable bonds is 24. The Kier molecular flexibility index (Phi) is 19.7. The van der Waals surface area contributed by atoms with Gasteiger partial charge in [0, 0.05) is 0 Å². The molecule has 0 aliphatic heterocycles. The van der Waals surface area contributed by atoms with Gasteiger partial charge in [-0.2, -0.15) is 0 Å². The van der Waals surface area contributed by atoms with Gasteiger partial charge in [-0.1, -0.05) is 20.8 Å². The molecule has 3 unspecified atom stereocenters. The highest BCUT2D eigenvalue weighted by atomic mass is 31.2. The zero-order valence-corrected chi connectivity index (χ0v) is 26.6. The lowest BCUT2D eigenvalue weighted by molar-refractivity contribution is 0.0294. The quantitative estimate of drug-likeness (QED) is 0.0836. The molecule has 0 aromatic heterocycles. The summed E-state index contributed by atoms with van der Waals surface area (Å²) in [5.41, 5.74) is 0. The van der Waals surface area contributed by atoms with E-state index in [0.717, 1.165) is 0 Å². The molecule has 0 saturated carbocycles. The summed E-state index contributed by atoms with van der Waals surface area (Å²) in [6.45, 7) is 16.0. The van der Waals surface area contributed by atoms with Gasteiger partial charge in [0.05, 0.1) is 39.6 Å². The monoisotopic (exact) mass is 596 g/mol. The highest BCUT2D eigenvalue weighted by Gasteiger charge is 2.47. The fourth-order valence-corrected chi connectivity index (χ4v) is 8.82. The maximum atomic E-state index is 13.5. The van der Waals surface area contributed by atoms with Crippen LogP contribution in [-0.2, 0) is 54.8 Å². The molecule has 37 heavy (non-hydrogen) atoms. The molecule has 0 N–H and O–H groups in total. The molecule has 0 spiro atoms. The Morgan fingerprint density at radius 1 is 0.432 bits per heavy atom. The van der Waals surface area contributed by atoms with Gasteiger partial charge in [0.2, 0.25) is 0 Å². The van der Waals surface area contributed by atoms with Crippen molar-refractivity contribution < 1.29 is 54.8 Å². The first-order valence-electron chi connectivity index (χ1n) is 13.2. The third kappa shape index (κ3) is 11.8. The zero-order valence-electron chi connectivity index (χ0n) is 23.9. The van der Waals surface area contributed by atoms with Crippen LogP contribution in [0.4, 0.5) is 0 Å². The van der Waals surface area contributed by atoms with Gasteiger partial charge in [-0.3, -0.25) is 13.7 Å². The first kappa shape index (κ1) is 37.4. The van der Waals surface area contributed by atoms with E-state index in [1.165, 1.54) is 0 Å². The van der Waals surface area contributed by atoms with Gasteiger partial charge >= 0.3 is 30.1 Å². The van der Waals surface area contributed by atoms with Crippen LogP contribution in [0.5, 0.6) is 0 Å². The molecule has 222 valence electrons. The lowest BCUT2D eigenvalue weighted by Gasteiger charge is -2.33. The third-order valence-corrected chi connectivity index (χ3v) is 12.1. The van der Waals surface area contributed by atoms with Crippen molar-refractivity contribution in [1.82, 2.24) is 0 Å². The van der Waals surface area contributed by atoms with Crippen molar-refractivity contribution >= 4 is 30.1 Å². The van der Waals surface area contributed by atoms with Crippen molar-refractivity contribution in [2.24, 2.45) is 0 Å².